The highest BCUT2D eigenvalue weighted by atomic mass is 16.5. The molecule has 2 rings (SSSR count). The molecule has 21 heavy (non-hydrogen) atoms. The Hall–Kier alpha value is -1.91. The molecule has 1 aliphatic heterocycles. The molecule has 1 heterocycles. The van der Waals surface area contributed by atoms with Gasteiger partial charge in [-0.3, -0.25) is 0 Å². The molecule has 1 atom stereocenters. The Bertz CT molecular complexity index is 490. The Kier molecular flexibility index (Phi) is 5.31. The summed E-state index contributed by atoms with van der Waals surface area (Å²) in [6.45, 7) is 2.96. The normalized spacial score (nSPS) is 18.2. The number of amides is 2. The molecule has 0 spiro atoms. The van der Waals surface area contributed by atoms with Gasteiger partial charge in [0.1, 0.15) is 0 Å². The third kappa shape index (κ3) is 3.60. The molecule has 1 aromatic rings. The highest BCUT2D eigenvalue weighted by Crippen LogP contribution is 2.30. The molecular formula is C16H24N2O3. The third-order valence-corrected chi connectivity index (χ3v) is 3.99. The number of anilines is 1. The summed E-state index contributed by atoms with van der Waals surface area (Å²) in [7, 11) is 3.18. The van der Waals surface area contributed by atoms with Gasteiger partial charge in [0.05, 0.1) is 14.2 Å². The Balaban J connectivity index is 2.08. The number of rotatable bonds is 4. The van der Waals surface area contributed by atoms with Crippen molar-refractivity contribution < 1.29 is 14.3 Å². The van der Waals surface area contributed by atoms with Crippen molar-refractivity contribution in [3.63, 3.8) is 0 Å². The summed E-state index contributed by atoms with van der Waals surface area (Å²) in [5.74, 6) is 1.26. The van der Waals surface area contributed by atoms with Crippen molar-refractivity contribution in [2.75, 3.05) is 26.1 Å². The van der Waals surface area contributed by atoms with E-state index < -0.39 is 0 Å². The van der Waals surface area contributed by atoms with Crippen LogP contribution in [0.1, 0.15) is 32.6 Å². The maximum absolute atomic E-state index is 12.4. The molecule has 1 aliphatic rings. The monoisotopic (exact) mass is 292 g/mol. The Morgan fingerprint density at radius 1 is 1.29 bits per heavy atom. The summed E-state index contributed by atoms with van der Waals surface area (Å²) in [5.41, 5.74) is 0.720. The maximum Gasteiger partial charge on any atom is 0.322 e. The average Bonchev–Trinajstić information content (AvgIpc) is 2.54. The van der Waals surface area contributed by atoms with E-state index in [4.69, 9.17) is 9.47 Å². The molecule has 0 aliphatic carbocycles. The van der Waals surface area contributed by atoms with Crippen LogP contribution in [0.5, 0.6) is 11.5 Å². The van der Waals surface area contributed by atoms with Crippen LogP contribution in [0.4, 0.5) is 10.5 Å². The standard InChI is InChI=1S/C16H24N2O3/c1-4-13-7-5-6-10-18(13)16(19)17-12-8-9-14(20-2)15(11-12)21-3/h8-9,11,13H,4-7,10H2,1-3H3,(H,17,19). The molecular weight excluding hydrogens is 268 g/mol. The van der Waals surface area contributed by atoms with E-state index in [0.29, 0.717) is 17.5 Å². The van der Waals surface area contributed by atoms with Gasteiger partial charge in [-0.15, -0.1) is 0 Å². The molecule has 1 aromatic carbocycles. The van der Waals surface area contributed by atoms with Crippen LogP contribution in [0.15, 0.2) is 18.2 Å². The third-order valence-electron chi connectivity index (χ3n) is 3.99. The number of ether oxygens (including phenoxy) is 2. The number of nitrogens with zero attached hydrogens (tertiary/aromatic N) is 1. The topological polar surface area (TPSA) is 50.8 Å². The fourth-order valence-electron chi connectivity index (χ4n) is 2.80. The zero-order chi connectivity index (χ0) is 15.2. The minimum atomic E-state index is -0.0335. The lowest BCUT2D eigenvalue weighted by Gasteiger charge is -2.35. The number of piperidine rings is 1. The van der Waals surface area contributed by atoms with Gasteiger partial charge >= 0.3 is 6.03 Å². The molecule has 0 bridgehead atoms. The second-order valence-corrected chi connectivity index (χ2v) is 5.25. The summed E-state index contributed by atoms with van der Waals surface area (Å²) >= 11 is 0. The highest BCUT2D eigenvalue weighted by molar-refractivity contribution is 5.90. The molecule has 1 N–H and O–H groups in total. The van der Waals surface area contributed by atoms with E-state index in [1.165, 1.54) is 6.42 Å². The summed E-state index contributed by atoms with van der Waals surface area (Å²) in [6.07, 6.45) is 4.38. The van der Waals surface area contributed by atoms with E-state index in [2.05, 4.69) is 12.2 Å². The molecule has 1 unspecified atom stereocenters. The number of urea groups is 1. The lowest BCUT2D eigenvalue weighted by Crippen LogP contribution is -2.45. The summed E-state index contributed by atoms with van der Waals surface area (Å²) < 4.78 is 10.5. The molecule has 1 saturated heterocycles. The number of methoxy groups -OCH3 is 2. The number of nitrogens with one attached hydrogen (secondary N) is 1. The van der Waals surface area contributed by atoms with Crippen molar-refractivity contribution in [2.45, 2.75) is 38.6 Å². The minimum absolute atomic E-state index is 0.0335. The van der Waals surface area contributed by atoms with Crippen LogP contribution in [0, 0.1) is 0 Å². The summed E-state index contributed by atoms with van der Waals surface area (Å²) in [4.78, 5) is 14.4. The maximum atomic E-state index is 12.4. The Morgan fingerprint density at radius 2 is 2.05 bits per heavy atom. The highest BCUT2D eigenvalue weighted by Gasteiger charge is 2.25. The van der Waals surface area contributed by atoms with Gasteiger partial charge in [0.15, 0.2) is 11.5 Å². The molecule has 0 saturated carbocycles. The van der Waals surface area contributed by atoms with Gasteiger partial charge in [0.2, 0.25) is 0 Å². The Labute approximate surface area is 126 Å². The van der Waals surface area contributed by atoms with Crippen LogP contribution in [0.2, 0.25) is 0 Å². The largest absolute Gasteiger partial charge is 0.493 e. The van der Waals surface area contributed by atoms with Gasteiger partial charge in [0, 0.05) is 24.3 Å². The van der Waals surface area contributed by atoms with Crippen molar-refractivity contribution in [2.24, 2.45) is 0 Å². The lowest BCUT2D eigenvalue weighted by atomic mass is 10.0. The minimum Gasteiger partial charge on any atom is -0.493 e. The molecule has 5 heteroatoms. The number of hydrogen-bond acceptors (Lipinski definition) is 3. The molecule has 0 radical (unpaired) electrons. The van der Waals surface area contributed by atoms with Gasteiger partial charge in [0.25, 0.3) is 0 Å². The second kappa shape index (κ2) is 7.20. The van der Waals surface area contributed by atoms with Gasteiger partial charge in [-0.1, -0.05) is 6.92 Å². The first-order valence-electron chi connectivity index (χ1n) is 7.49. The van der Waals surface area contributed by atoms with E-state index in [-0.39, 0.29) is 6.03 Å². The van der Waals surface area contributed by atoms with Crippen LogP contribution in [-0.4, -0.2) is 37.7 Å². The van der Waals surface area contributed by atoms with Crippen molar-refractivity contribution in [3.8, 4) is 11.5 Å². The smallest absolute Gasteiger partial charge is 0.322 e. The van der Waals surface area contributed by atoms with Crippen molar-refractivity contribution in [1.82, 2.24) is 4.90 Å². The zero-order valence-electron chi connectivity index (χ0n) is 13.0. The predicted octanol–water partition coefficient (Wildman–Crippen LogP) is 3.50. The van der Waals surface area contributed by atoms with Crippen LogP contribution in [0.25, 0.3) is 0 Å². The predicted molar refractivity (Wildman–Crippen MR) is 83.2 cm³/mol. The van der Waals surface area contributed by atoms with Crippen LogP contribution in [0.3, 0.4) is 0 Å². The van der Waals surface area contributed by atoms with Gasteiger partial charge in [-0.25, -0.2) is 4.79 Å². The van der Waals surface area contributed by atoms with Crippen LogP contribution in [-0.2, 0) is 0 Å². The van der Waals surface area contributed by atoms with Crippen molar-refractivity contribution in [3.05, 3.63) is 18.2 Å². The van der Waals surface area contributed by atoms with Gasteiger partial charge in [-0.05, 0) is 37.8 Å². The average molecular weight is 292 g/mol. The first-order chi connectivity index (χ1) is 10.2. The number of carbonyl (C=O) groups is 1. The number of benzene rings is 1. The van der Waals surface area contributed by atoms with Crippen molar-refractivity contribution >= 4 is 11.7 Å². The molecule has 1 fully saturated rings. The van der Waals surface area contributed by atoms with Crippen molar-refractivity contribution in [1.29, 1.82) is 0 Å². The Morgan fingerprint density at radius 3 is 2.71 bits per heavy atom. The fourth-order valence-corrected chi connectivity index (χ4v) is 2.80. The fraction of sp³-hybridized carbons (Fsp3) is 0.562. The van der Waals surface area contributed by atoms with E-state index in [0.717, 1.165) is 31.5 Å². The lowest BCUT2D eigenvalue weighted by molar-refractivity contribution is 0.160. The van der Waals surface area contributed by atoms with Crippen LogP contribution < -0.4 is 14.8 Å². The van der Waals surface area contributed by atoms with E-state index in [1.54, 1.807) is 26.4 Å². The summed E-state index contributed by atoms with van der Waals surface area (Å²) in [6, 6.07) is 5.71. The first-order valence-corrected chi connectivity index (χ1v) is 7.49. The van der Waals surface area contributed by atoms with E-state index >= 15 is 0 Å². The van der Waals surface area contributed by atoms with E-state index in [9.17, 15) is 4.79 Å². The van der Waals surface area contributed by atoms with Crippen LogP contribution >= 0.6 is 0 Å². The molecule has 5 nitrogen and oxygen atoms in total. The van der Waals surface area contributed by atoms with Gasteiger partial charge in [-0.2, -0.15) is 0 Å². The second-order valence-electron chi connectivity index (χ2n) is 5.25. The number of carbonyl (C=O) groups excluding carboxylic acids is 1. The quantitative estimate of drug-likeness (QED) is 0.924. The summed E-state index contributed by atoms with van der Waals surface area (Å²) in [5, 5.41) is 2.95. The van der Waals surface area contributed by atoms with E-state index in [1.807, 2.05) is 11.0 Å². The SMILES string of the molecule is CCC1CCCCN1C(=O)Nc1ccc(OC)c(OC)c1. The van der Waals surface area contributed by atoms with Gasteiger partial charge < -0.3 is 19.7 Å². The number of hydrogen-bond donors (Lipinski definition) is 1. The molecule has 0 aromatic heterocycles. The first kappa shape index (κ1) is 15.5. The molecule has 2 amide bonds. The zero-order valence-corrected chi connectivity index (χ0v) is 13.0. The molecule has 116 valence electrons. The number of likely N-dealkylation sites (tertiary alicyclic amines) is 1.